The minimum absolute atomic E-state index is 0.0359. The van der Waals surface area contributed by atoms with Gasteiger partial charge in [0, 0.05) is 19.7 Å². The topological polar surface area (TPSA) is 68.8 Å². The molecular weight excluding hydrogens is 236 g/mol. The highest BCUT2D eigenvalue weighted by Gasteiger charge is 2.32. The Hall–Kier alpha value is -0.690. The third-order valence-corrected chi connectivity index (χ3v) is 2.86. The second kappa shape index (κ2) is 9.27. The normalized spacial score (nSPS) is 23.2. The van der Waals surface area contributed by atoms with Crippen molar-refractivity contribution in [2.24, 2.45) is 5.92 Å². The average molecular weight is 260 g/mol. The molecule has 0 aromatic heterocycles. The van der Waals surface area contributed by atoms with E-state index >= 15 is 0 Å². The first kappa shape index (κ1) is 15.4. The summed E-state index contributed by atoms with van der Waals surface area (Å²) in [5.74, 6) is -0.0577. The molecule has 1 heterocycles. The van der Waals surface area contributed by atoms with E-state index in [9.17, 15) is 4.79 Å². The number of likely N-dealkylation sites (N-methyl/N-ethyl adjacent to an activating group) is 1. The van der Waals surface area contributed by atoms with E-state index < -0.39 is 0 Å². The van der Waals surface area contributed by atoms with Gasteiger partial charge in [-0.3, -0.25) is 4.79 Å². The minimum Gasteiger partial charge on any atom is -0.382 e. The first-order valence-electron chi connectivity index (χ1n) is 6.45. The molecule has 0 saturated carbocycles. The van der Waals surface area contributed by atoms with Gasteiger partial charge in [-0.2, -0.15) is 0 Å². The molecule has 0 aromatic carbocycles. The lowest BCUT2D eigenvalue weighted by Crippen LogP contribution is -2.44. The van der Waals surface area contributed by atoms with Gasteiger partial charge in [0.1, 0.15) is 0 Å². The Balaban J connectivity index is 2.12. The molecule has 1 fully saturated rings. The second-order valence-electron chi connectivity index (χ2n) is 4.20. The highest BCUT2D eigenvalue weighted by Crippen LogP contribution is 2.13. The van der Waals surface area contributed by atoms with Crippen LogP contribution in [0.25, 0.3) is 0 Å². The standard InChI is InChI=1S/C12H24N2O4/c1-3-13-11-9-18-8-10(11)12(15)14-4-5-17-7-6-16-2/h10-11,13H,3-9H2,1-2H3,(H,14,15). The van der Waals surface area contributed by atoms with Crippen molar-refractivity contribution in [1.82, 2.24) is 10.6 Å². The molecule has 1 aliphatic rings. The zero-order chi connectivity index (χ0) is 13.2. The number of hydrogen-bond donors (Lipinski definition) is 2. The SMILES string of the molecule is CCNC1COCC1C(=O)NCCOCCOC. The number of carbonyl (C=O) groups excluding carboxylic acids is 1. The molecule has 18 heavy (non-hydrogen) atoms. The van der Waals surface area contributed by atoms with Crippen LogP contribution >= 0.6 is 0 Å². The number of ether oxygens (including phenoxy) is 3. The fourth-order valence-corrected chi connectivity index (χ4v) is 1.90. The smallest absolute Gasteiger partial charge is 0.227 e. The van der Waals surface area contributed by atoms with Crippen molar-refractivity contribution in [2.75, 3.05) is 53.2 Å². The molecule has 6 nitrogen and oxygen atoms in total. The molecule has 0 aliphatic carbocycles. The van der Waals surface area contributed by atoms with Gasteiger partial charge in [-0.15, -0.1) is 0 Å². The summed E-state index contributed by atoms with van der Waals surface area (Å²) in [6.07, 6.45) is 0. The Morgan fingerprint density at radius 1 is 1.33 bits per heavy atom. The van der Waals surface area contributed by atoms with E-state index in [1.165, 1.54) is 0 Å². The monoisotopic (exact) mass is 260 g/mol. The molecule has 0 bridgehead atoms. The Bertz CT molecular complexity index is 238. The van der Waals surface area contributed by atoms with Gasteiger partial charge < -0.3 is 24.8 Å². The molecule has 1 rings (SSSR count). The van der Waals surface area contributed by atoms with E-state index in [1.54, 1.807) is 7.11 Å². The molecular formula is C12H24N2O4. The summed E-state index contributed by atoms with van der Waals surface area (Å²) >= 11 is 0. The van der Waals surface area contributed by atoms with Crippen molar-refractivity contribution >= 4 is 5.91 Å². The van der Waals surface area contributed by atoms with Gasteiger partial charge in [0.15, 0.2) is 0 Å². The third kappa shape index (κ3) is 5.30. The van der Waals surface area contributed by atoms with Gasteiger partial charge in [0.25, 0.3) is 0 Å². The Morgan fingerprint density at radius 2 is 2.17 bits per heavy atom. The van der Waals surface area contributed by atoms with E-state index in [0.29, 0.717) is 39.6 Å². The molecule has 1 aliphatic heterocycles. The van der Waals surface area contributed by atoms with E-state index in [-0.39, 0.29) is 17.9 Å². The number of nitrogens with one attached hydrogen (secondary N) is 2. The highest BCUT2D eigenvalue weighted by molar-refractivity contribution is 5.79. The van der Waals surface area contributed by atoms with Gasteiger partial charge in [-0.1, -0.05) is 6.92 Å². The predicted octanol–water partition coefficient (Wildman–Crippen LogP) is -0.610. The van der Waals surface area contributed by atoms with E-state index in [1.807, 2.05) is 6.92 Å². The zero-order valence-corrected chi connectivity index (χ0v) is 11.2. The molecule has 2 atom stereocenters. The molecule has 0 spiro atoms. The molecule has 106 valence electrons. The maximum Gasteiger partial charge on any atom is 0.227 e. The first-order chi connectivity index (χ1) is 8.79. The molecule has 0 aromatic rings. The van der Waals surface area contributed by atoms with Gasteiger partial charge in [0.05, 0.1) is 39.0 Å². The van der Waals surface area contributed by atoms with Crippen molar-refractivity contribution in [3.8, 4) is 0 Å². The van der Waals surface area contributed by atoms with Crippen LogP contribution in [-0.4, -0.2) is 65.2 Å². The quantitative estimate of drug-likeness (QED) is 0.541. The zero-order valence-electron chi connectivity index (χ0n) is 11.2. The van der Waals surface area contributed by atoms with Gasteiger partial charge >= 0.3 is 0 Å². The number of amides is 1. The van der Waals surface area contributed by atoms with Crippen LogP contribution < -0.4 is 10.6 Å². The molecule has 1 amide bonds. The summed E-state index contributed by atoms with van der Waals surface area (Å²) in [6, 6.07) is 0.129. The Labute approximate surface area is 108 Å². The molecule has 0 radical (unpaired) electrons. The van der Waals surface area contributed by atoms with Crippen molar-refractivity contribution in [3.63, 3.8) is 0 Å². The van der Waals surface area contributed by atoms with Crippen molar-refractivity contribution < 1.29 is 19.0 Å². The Morgan fingerprint density at radius 3 is 2.89 bits per heavy atom. The van der Waals surface area contributed by atoms with E-state index in [4.69, 9.17) is 14.2 Å². The summed E-state index contributed by atoms with van der Waals surface area (Å²) in [5, 5.41) is 6.13. The van der Waals surface area contributed by atoms with E-state index in [2.05, 4.69) is 10.6 Å². The lowest BCUT2D eigenvalue weighted by molar-refractivity contribution is -0.125. The van der Waals surface area contributed by atoms with Crippen LogP contribution in [0.5, 0.6) is 0 Å². The number of hydrogen-bond acceptors (Lipinski definition) is 5. The lowest BCUT2D eigenvalue weighted by Gasteiger charge is -2.17. The number of methoxy groups -OCH3 is 1. The summed E-state index contributed by atoms with van der Waals surface area (Å²) in [6.45, 7) is 6.14. The maximum absolute atomic E-state index is 11.9. The van der Waals surface area contributed by atoms with Crippen LogP contribution in [0.2, 0.25) is 0 Å². The van der Waals surface area contributed by atoms with Crippen LogP contribution in [0.15, 0.2) is 0 Å². The fourth-order valence-electron chi connectivity index (χ4n) is 1.90. The van der Waals surface area contributed by atoms with Crippen molar-refractivity contribution in [3.05, 3.63) is 0 Å². The first-order valence-corrected chi connectivity index (χ1v) is 6.45. The predicted molar refractivity (Wildman–Crippen MR) is 67.5 cm³/mol. The van der Waals surface area contributed by atoms with Crippen LogP contribution in [0, 0.1) is 5.92 Å². The Kier molecular flexibility index (Phi) is 7.91. The number of rotatable bonds is 9. The highest BCUT2D eigenvalue weighted by atomic mass is 16.5. The van der Waals surface area contributed by atoms with Gasteiger partial charge in [0.2, 0.25) is 5.91 Å². The summed E-state index contributed by atoms with van der Waals surface area (Å²) in [5.41, 5.74) is 0. The van der Waals surface area contributed by atoms with Crippen LogP contribution in [0.4, 0.5) is 0 Å². The van der Waals surface area contributed by atoms with E-state index in [0.717, 1.165) is 6.54 Å². The molecule has 2 unspecified atom stereocenters. The van der Waals surface area contributed by atoms with Crippen LogP contribution in [0.1, 0.15) is 6.92 Å². The minimum atomic E-state index is -0.0936. The molecule has 6 heteroatoms. The summed E-state index contributed by atoms with van der Waals surface area (Å²) in [7, 11) is 1.63. The van der Waals surface area contributed by atoms with Crippen LogP contribution in [-0.2, 0) is 19.0 Å². The number of carbonyl (C=O) groups is 1. The van der Waals surface area contributed by atoms with Gasteiger partial charge in [-0.05, 0) is 6.54 Å². The summed E-state index contributed by atoms with van der Waals surface area (Å²) in [4.78, 5) is 11.9. The van der Waals surface area contributed by atoms with Crippen LogP contribution in [0.3, 0.4) is 0 Å². The average Bonchev–Trinajstić information content (AvgIpc) is 2.82. The molecule has 1 saturated heterocycles. The third-order valence-electron chi connectivity index (χ3n) is 2.86. The second-order valence-corrected chi connectivity index (χ2v) is 4.20. The fraction of sp³-hybridized carbons (Fsp3) is 0.917. The lowest BCUT2D eigenvalue weighted by atomic mass is 10.0. The molecule has 2 N–H and O–H groups in total. The van der Waals surface area contributed by atoms with Crippen molar-refractivity contribution in [1.29, 1.82) is 0 Å². The maximum atomic E-state index is 11.9. The largest absolute Gasteiger partial charge is 0.382 e. The van der Waals surface area contributed by atoms with Crippen molar-refractivity contribution in [2.45, 2.75) is 13.0 Å². The van der Waals surface area contributed by atoms with Gasteiger partial charge in [-0.25, -0.2) is 0 Å². The summed E-state index contributed by atoms with van der Waals surface area (Å²) < 4.78 is 15.5.